The summed E-state index contributed by atoms with van der Waals surface area (Å²) < 4.78 is 25.5. The van der Waals surface area contributed by atoms with E-state index < -0.39 is 10.0 Å². The van der Waals surface area contributed by atoms with Gasteiger partial charge in [-0.2, -0.15) is 5.26 Å². The second-order valence-corrected chi connectivity index (χ2v) is 7.31. The number of nitriles is 1. The van der Waals surface area contributed by atoms with Crippen LogP contribution in [0.4, 0.5) is 0 Å². The quantitative estimate of drug-likeness (QED) is 0.750. The lowest BCUT2D eigenvalue weighted by molar-refractivity contribution is 0.232. The van der Waals surface area contributed by atoms with Crippen molar-refractivity contribution in [3.63, 3.8) is 0 Å². The molecule has 1 saturated heterocycles. The molecule has 1 aliphatic heterocycles. The lowest BCUT2D eigenvalue weighted by Gasteiger charge is -2.34. The normalized spacial score (nSPS) is 26.2. The molecule has 1 heterocycles. The molecule has 0 amide bonds. The Kier molecular flexibility index (Phi) is 2.97. The van der Waals surface area contributed by atoms with Crippen molar-refractivity contribution in [3.05, 3.63) is 0 Å². The Hall–Kier alpha value is -0.600. The molecule has 1 aliphatic carbocycles. The highest BCUT2D eigenvalue weighted by atomic mass is 32.2. The van der Waals surface area contributed by atoms with Gasteiger partial charge in [0.05, 0.1) is 17.2 Å². The van der Waals surface area contributed by atoms with Crippen molar-refractivity contribution < 1.29 is 8.42 Å². The fraction of sp³-hybridized carbons (Fsp3) is 0.909. The minimum Gasteiger partial charge on any atom is -0.212 e. The van der Waals surface area contributed by atoms with Gasteiger partial charge in [-0.1, -0.05) is 0 Å². The summed E-state index contributed by atoms with van der Waals surface area (Å²) in [7, 11) is -3.05. The van der Waals surface area contributed by atoms with Gasteiger partial charge in [-0.15, -0.1) is 0 Å². The standard InChI is InChI=1S/C11H18N2O2S/c1-11(9-12)4-6-13(7-5-11)16(14,15)8-10-2-3-10/h10H,2-8H2,1H3. The number of rotatable bonds is 3. The Morgan fingerprint density at radius 1 is 1.38 bits per heavy atom. The van der Waals surface area contributed by atoms with Crippen LogP contribution in [0.15, 0.2) is 0 Å². The summed E-state index contributed by atoms with van der Waals surface area (Å²) in [6.45, 7) is 2.94. The fourth-order valence-corrected chi connectivity index (χ4v) is 3.94. The number of piperidine rings is 1. The molecule has 2 rings (SSSR count). The van der Waals surface area contributed by atoms with Gasteiger partial charge in [0, 0.05) is 13.1 Å². The molecule has 0 unspecified atom stereocenters. The van der Waals surface area contributed by atoms with Gasteiger partial charge in [0.15, 0.2) is 0 Å². The highest BCUT2D eigenvalue weighted by Crippen LogP contribution is 2.34. The van der Waals surface area contributed by atoms with Crippen LogP contribution in [0.2, 0.25) is 0 Å². The third-order valence-corrected chi connectivity index (χ3v) is 5.68. The van der Waals surface area contributed by atoms with E-state index >= 15 is 0 Å². The van der Waals surface area contributed by atoms with Crippen LogP contribution in [0.25, 0.3) is 0 Å². The first kappa shape index (κ1) is 11.9. The van der Waals surface area contributed by atoms with E-state index in [1.165, 1.54) is 0 Å². The zero-order valence-electron chi connectivity index (χ0n) is 9.65. The number of hydrogen-bond acceptors (Lipinski definition) is 3. The average molecular weight is 242 g/mol. The van der Waals surface area contributed by atoms with Crippen LogP contribution >= 0.6 is 0 Å². The summed E-state index contributed by atoms with van der Waals surface area (Å²) in [5.74, 6) is 0.713. The summed E-state index contributed by atoms with van der Waals surface area (Å²) in [4.78, 5) is 0. The molecule has 0 aromatic rings. The molecule has 2 fully saturated rings. The summed E-state index contributed by atoms with van der Waals surface area (Å²) in [6, 6.07) is 2.28. The molecule has 5 heteroatoms. The first-order chi connectivity index (χ1) is 7.45. The maximum Gasteiger partial charge on any atom is 0.214 e. The van der Waals surface area contributed by atoms with Crippen molar-refractivity contribution in [2.45, 2.75) is 32.6 Å². The van der Waals surface area contributed by atoms with E-state index in [0.29, 0.717) is 37.6 Å². The lowest BCUT2D eigenvalue weighted by atomic mass is 9.83. The smallest absolute Gasteiger partial charge is 0.212 e. The SMILES string of the molecule is CC1(C#N)CCN(S(=O)(=O)CC2CC2)CC1. The molecule has 4 nitrogen and oxygen atoms in total. The first-order valence-electron chi connectivity index (χ1n) is 5.84. The molecule has 2 aliphatic rings. The van der Waals surface area contributed by atoms with Crippen LogP contribution in [0.1, 0.15) is 32.6 Å². The Bertz CT molecular complexity index is 398. The molecule has 0 N–H and O–H groups in total. The third kappa shape index (κ3) is 2.55. The van der Waals surface area contributed by atoms with Gasteiger partial charge in [0.25, 0.3) is 0 Å². The molecular formula is C11H18N2O2S. The van der Waals surface area contributed by atoms with E-state index in [0.717, 1.165) is 12.8 Å². The first-order valence-corrected chi connectivity index (χ1v) is 7.45. The minimum absolute atomic E-state index is 0.316. The Morgan fingerprint density at radius 3 is 2.38 bits per heavy atom. The molecule has 0 aromatic heterocycles. The van der Waals surface area contributed by atoms with Gasteiger partial charge in [-0.05, 0) is 38.5 Å². The van der Waals surface area contributed by atoms with Crippen LogP contribution in [-0.4, -0.2) is 31.6 Å². The maximum absolute atomic E-state index is 12.0. The van der Waals surface area contributed by atoms with Gasteiger partial charge in [-0.3, -0.25) is 0 Å². The number of sulfonamides is 1. The molecule has 0 atom stereocenters. The summed E-state index contributed by atoms with van der Waals surface area (Å²) in [6.07, 6.45) is 3.44. The van der Waals surface area contributed by atoms with Gasteiger partial charge in [0.2, 0.25) is 10.0 Å². The Balaban J connectivity index is 1.95. The van der Waals surface area contributed by atoms with E-state index in [2.05, 4.69) is 6.07 Å². The molecule has 90 valence electrons. The molecule has 16 heavy (non-hydrogen) atoms. The predicted molar refractivity (Wildman–Crippen MR) is 61.0 cm³/mol. The van der Waals surface area contributed by atoms with E-state index in [9.17, 15) is 8.42 Å². The van der Waals surface area contributed by atoms with E-state index in [1.807, 2.05) is 6.92 Å². The average Bonchev–Trinajstić information content (AvgIpc) is 3.02. The largest absolute Gasteiger partial charge is 0.214 e. The topological polar surface area (TPSA) is 61.2 Å². The molecule has 0 bridgehead atoms. The zero-order valence-corrected chi connectivity index (χ0v) is 10.5. The lowest BCUT2D eigenvalue weighted by Crippen LogP contribution is -2.42. The number of hydrogen-bond donors (Lipinski definition) is 0. The van der Waals surface area contributed by atoms with Crippen LogP contribution in [0, 0.1) is 22.7 Å². The molecule has 1 saturated carbocycles. The summed E-state index contributed by atoms with van der Waals surface area (Å²) in [5, 5.41) is 8.98. The van der Waals surface area contributed by atoms with Crippen molar-refractivity contribution >= 4 is 10.0 Å². The van der Waals surface area contributed by atoms with E-state index in [1.54, 1.807) is 4.31 Å². The second kappa shape index (κ2) is 4.01. The number of nitrogens with zero attached hydrogens (tertiary/aromatic N) is 2. The van der Waals surface area contributed by atoms with Gasteiger partial charge in [0.1, 0.15) is 0 Å². The maximum atomic E-state index is 12.0. The molecule has 0 aromatic carbocycles. The van der Waals surface area contributed by atoms with E-state index in [4.69, 9.17) is 5.26 Å². The van der Waals surface area contributed by atoms with Crippen molar-refractivity contribution in [1.29, 1.82) is 5.26 Å². The van der Waals surface area contributed by atoms with Gasteiger partial charge in [-0.25, -0.2) is 12.7 Å². The van der Waals surface area contributed by atoms with E-state index in [-0.39, 0.29) is 5.41 Å². The Labute approximate surface area is 97.3 Å². The monoisotopic (exact) mass is 242 g/mol. The second-order valence-electron chi connectivity index (χ2n) is 5.29. The van der Waals surface area contributed by atoms with Crippen LogP contribution < -0.4 is 0 Å². The van der Waals surface area contributed by atoms with Gasteiger partial charge < -0.3 is 0 Å². The van der Waals surface area contributed by atoms with Crippen LogP contribution in [0.3, 0.4) is 0 Å². The predicted octanol–water partition coefficient (Wildman–Crippen LogP) is 1.35. The van der Waals surface area contributed by atoms with Crippen LogP contribution in [-0.2, 0) is 10.0 Å². The molecular weight excluding hydrogens is 224 g/mol. The van der Waals surface area contributed by atoms with Gasteiger partial charge >= 0.3 is 0 Å². The van der Waals surface area contributed by atoms with Crippen molar-refractivity contribution in [2.75, 3.05) is 18.8 Å². The van der Waals surface area contributed by atoms with Crippen molar-refractivity contribution in [1.82, 2.24) is 4.31 Å². The molecule has 0 radical (unpaired) electrons. The minimum atomic E-state index is -3.05. The summed E-state index contributed by atoms with van der Waals surface area (Å²) >= 11 is 0. The third-order valence-electron chi connectivity index (χ3n) is 3.63. The highest BCUT2D eigenvalue weighted by molar-refractivity contribution is 7.89. The van der Waals surface area contributed by atoms with Crippen molar-refractivity contribution in [2.24, 2.45) is 11.3 Å². The van der Waals surface area contributed by atoms with Crippen LogP contribution in [0.5, 0.6) is 0 Å². The molecule has 0 spiro atoms. The summed E-state index contributed by atoms with van der Waals surface area (Å²) in [5.41, 5.74) is -0.328. The highest BCUT2D eigenvalue weighted by Gasteiger charge is 2.37. The zero-order chi connectivity index (χ0) is 11.8. The fourth-order valence-electron chi connectivity index (χ4n) is 2.06. The Morgan fingerprint density at radius 2 is 1.94 bits per heavy atom. The van der Waals surface area contributed by atoms with Crippen molar-refractivity contribution in [3.8, 4) is 6.07 Å².